The third-order valence-electron chi connectivity index (χ3n) is 4.13. The van der Waals surface area contributed by atoms with E-state index in [0.29, 0.717) is 33.2 Å². The molecular formula is C19H13F3N4O2S. The third kappa shape index (κ3) is 3.79. The number of hydrogen-bond donors (Lipinski definition) is 2. The van der Waals surface area contributed by atoms with Gasteiger partial charge in [-0.1, -0.05) is 0 Å². The molecule has 2 N–H and O–H groups in total. The van der Waals surface area contributed by atoms with Crippen molar-refractivity contribution in [3.05, 3.63) is 59.0 Å². The number of nitrogens with one attached hydrogen (secondary N) is 2. The molecule has 0 radical (unpaired) electrons. The van der Waals surface area contributed by atoms with Crippen LogP contribution in [0, 0.1) is 5.82 Å². The van der Waals surface area contributed by atoms with E-state index in [1.807, 2.05) is 0 Å². The lowest BCUT2D eigenvalue weighted by Crippen LogP contribution is -2.11. The topological polar surface area (TPSA) is 79.9 Å². The Morgan fingerprint density at radius 2 is 2.03 bits per heavy atom. The second kappa shape index (κ2) is 7.55. The molecule has 2 aromatic heterocycles. The fraction of sp³-hybridized carbons (Fsp3) is 0.105. The van der Waals surface area contributed by atoms with Crippen molar-refractivity contribution < 1.29 is 22.7 Å². The molecule has 0 bridgehead atoms. The number of hydrogen-bond acceptors (Lipinski definition) is 5. The van der Waals surface area contributed by atoms with Crippen LogP contribution in [-0.4, -0.2) is 28.0 Å². The van der Waals surface area contributed by atoms with Gasteiger partial charge in [0.1, 0.15) is 11.6 Å². The maximum Gasteiger partial charge on any atom is 0.295 e. The van der Waals surface area contributed by atoms with Crippen LogP contribution in [0.2, 0.25) is 0 Å². The molecule has 0 aliphatic carbocycles. The zero-order valence-corrected chi connectivity index (χ0v) is 15.7. The highest BCUT2D eigenvalue weighted by atomic mass is 32.1. The number of carbonyl (C=O) groups is 1. The number of anilines is 1. The van der Waals surface area contributed by atoms with E-state index in [1.54, 1.807) is 5.38 Å². The summed E-state index contributed by atoms with van der Waals surface area (Å²) >= 11 is 1.16. The van der Waals surface area contributed by atoms with Gasteiger partial charge in [0.05, 0.1) is 23.8 Å². The minimum absolute atomic E-state index is 0.252. The number of aromatic amines is 1. The van der Waals surface area contributed by atoms with Crippen molar-refractivity contribution in [2.24, 2.45) is 0 Å². The minimum atomic E-state index is -2.73. The molecule has 0 spiro atoms. The van der Waals surface area contributed by atoms with E-state index in [4.69, 9.17) is 4.74 Å². The standard InChI is InChI=1S/C19H13F3N4O2S/c1-28-15-5-3-10(20)7-11(15)14-8-29-19(25-14)26-18(27)9-2-4-12-13(6-9)24-17(23-12)16(21)22/h2-8,16H,1H3,(H,23,24)(H,25,26,27). The number of carbonyl (C=O) groups excluding carboxylic acids is 1. The van der Waals surface area contributed by atoms with Crippen LogP contribution >= 0.6 is 11.3 Å². The van der Waals surface area contributed by atoms with Gasteiger partial charge < -0.3 is 9.72 Å². The van der Waals surface area contributed by atoms with Crippen LogP contribution in [-0.2, 0) is 0 Å². The molecule has 0 unspecified atom stereocenters. The van der Waals surface area contributed by atoms with E-state index in [2.05, 4.69) is 20.3 Å². The molecule has 4 rings (SSSR count). The van der Waals surface area contributed by atoms with Gasteiger partial charge in [0.25, 0.3) is 12.3 Å². The molecule has 0 fully saturated rings. The molecule has 4 aromatic rings. The monoisotopic (exact) mass is 418 g/mol. The Labute approximate surface area is 166 Å². The molecule has 2 aromatic carbocycles. The highest BCUT2D eigenvalue weighted by Gasteiger charge is 2.16. The summed E-state index contributed by atoms with van der Waals surface area (Å²) in [4.78, 5) is 23.1. The van der Waals surface area contributed by atoms with Crippen LogP contribution < -0.4 is 10.1 Å². The van der Waals surface area contributed by atoms with Gasteiger partial charge in [-0.15, -0.1) is 11.3 Å². The summed E-state index contributed by atoms with van der Waals surface area (Å²) in [5.41, 5.74) is 1.83. The third-order valence-corrected chi connectivity index (χ3v) is 4.89. The lowest BCUT2D eigenvalue weighted by Gasteiger charge is -2.06. The van der Waals surface area contributed by atoms with Crippen molar-refractivity contribution in [2.45, 2.75) is 6.43 Å². The van der Waals surface area contributed by atoms with E-state index in [1.165, 1.54) is 43.5 Å². The van der Waals surface area contributed by atoms with Crippen molar-refractivity contribution in [3.8, 4) is 17.0 Å². The summed E-state index contributed by atoms with van der Waals surface area (Å²) in [6.07, 6.45) is -2.73. The Kier molecular flexibility index (Phi) is 4.93. The number of thiazole rings is 1. The van der Waals surface area contributed by atoms with Gasteiger partial charge in [-0.25, -0.2) is 23.1 Å². The van der Waals surface area contributed by atoms with Crippen LogP contribution in [0.15, 0.2) is 41.8 Å². The Balaban J connectivity index is 1.57. The summed E-state index contributed by atoms with van der Waals surface area (Å²) in [5, 5.41) is 4.61. The normalized spacial score (nSPS) is 11.2. The number of imidazole rings is 1. The first-order chi connectivity index (χ1) is 13.9. The summed E-state index contributed by atoms with van der Waals surface area (Å²) in [6.45, 7) is 0. The van der Waals surface area contributed by atoms with Gasteiger partial charge in [0.15, 0.2) is 11.0 Å². The molecule has 0 saturated heterocycles. The smallest absolute Gasteiger partial charge is 0.295 e. The summed E-state index contributed by atoms with van der Waals surface area (Å²) in [5.74, 6) is -0.900. The first kappa shape index (κ1) is 18.9. The zero-order chi connectivity index (χ0) is 20.5. The number of benzene rings is 2. The number of H-pyrrole nitrogens is 1. The molecule has 0 aliphatic heterocycles. The lowest BCUT2D eigenvalue weighted by atomic mass is 10.1. The lowest BCUT2D eigenvalue weighted by molar-refractivity contribution is 0.102. The zero-order valence-electron chi connectivity index (χ0n) is 14.9. The Bertz CT molecular complexity index is 1210. The Morgan fingerprint density at radius 1 is 1.21 bits per heavy atom. The van der Waals surface area contributed by atoms with Gasteiger partial charge in [-0.2, -0.15) is 0 Å². The second-order valence-electron chi connectivity index (χ2n) is 5.99. The number of nitrogens with zero attached hydrogens (tertiary/aromatic N) is 2. The molecule has 1 amide bonds. The van der Waals surface area contributed by atoms with Crippen LogP contribution in [0.3, 0.4) is 0 Å². The summed E-state index contributed by atoms with van der Waals surface area (Å²) in [7, 11) is 1.47. The number of halogens is 3. The average molecular weight is 418 g/mol. The van der Waals surface area contributed by atoms with Crippen molar-refractivity contribution in [1.29, 1.82) is 0 Å². The first-order valence-electron chi connectivity index (χ1n) is 8.33. The molecular weight excluding hydrogens is 405 g/mol. The predicted octanol–water partition coefficient (Wildman–Crippen LogP) is 5.02. The molecule has 0 aliphatic rings. The molecule has 0 atom stereocenters. The Morgan fingerprint density at radius 3 is 2.79 bits per heavy atom. The van der Waals surface area contributed by atoms with Crippen LogP contribution in [0.4, 0.5) is 18.3 Å². The van der Waals surface area contributed by atoms with E-state index in [-0.39, 0.29) is 5.56 Å². The van der Waals surface area contributed by atoms with E-state index in [9.17, 15) is 18.0 Å². The van der Waals surface area contributed by atoms with Crippen LogP contribution in [0.5, 0.6) is 5.75 Å². The van der Waals surface area contributed by atoms with Crippen LogP contribution in [0.1, 0.15) is 22.6 Å². The summed E-state index contributed by atoms with van der Waals surface area (Å²) < 4.78 is 44.3. The maximum absolute atomic E-state index is 13.6. The average Bonchev–Trinajstić information content (AvgIpc) is 3.34. The fourth-order valence-electron chi connectivity index (χ4n) is 2.78. The second-order valence-corrected chi connectivity index (χ2v) is 6.85. The number of amides is 1. The largest absolute Gasteiger partial charge is 0.496 e. The van der Waals surface area contributed by atoms with Crippen molar-refractivity contribution in [1.82, 2.24) is 15.0 Å². The number of methoxy groups -OCH3 is 1. The number of ether oxygens (including phenoxy) is 1. The molecule has 2 heterocycles. The van der Waals surface area contributed by atoms with Gasteiger partial charge in [-0.05, 0) is 36.4 Å². The van der Waals surface area contributed by atoms with Gasteiger partial charge >= 0.3 is 0 Å². The fourth-order valence-corrected chi connectivity index (χ4v) is 3.48. The molecule has 10 heteroatoms. The molecule has 29 heavy (non-hydrogen) atoms. The molecule has 6 nitrogen and oxygen atoms in total. The SMILES string of the molecule is COc1ccc(F)cc1-c1csc(NC(=O)c2ccc3nc(C(F)F)[nH]c3c2)n1. The first-order valence-corrected chi connectivity index (χ1v) is 9.21. The number of fused-ring (bicyclic) bond motifs is 1. The minimum Gasteiger partial charge on any atom is -0.496 e. The predicted molar refractivity (Wildman–Crippen MR) is 103 cm³/mol. The van der Waals surface area contributed by atoms with Crippen molar-refractivity contribution in [3.63, 3.8) is 0 Å². The Hall–Kier alpha value is -3.40. The van der Waals surface area contributed by atoms with Gasteiger partial charge in [0.2, 0.25) is 0 Å². The van der Waals surface area contributed by atoms with Gasteiger partial charge in [-0.3, -0.25) is 10.1 Å². The van der Waals surface area contributed by atoms with E-state index < -0.39 is 24.0 Å². The summed E-state index contributed by atoms with van der Waals surface area (Å²) in [6, 6.07) is 8.48. The van der Waals surface area contributed by atoms with Crippen molar-refractivity contribution in [2.75, 3.05) is 12.4 Å². The maximum atomic E-state index is 13.6. The molecule has 0 saturated carbocycles. The number of rotatable bonds is 5. The highest BCUT2D eigenvalue weighted by Crippen LogP contribution is 2.33. The van der Waals surface area contributed by atoms with E-state index in [0.717, 1.165) is 11.3 Å². The quantitative estimate of drug-likeness (QED) is 0.477. The molecule has 148 valence electrons. The van der Waals surface area contributed by atoms with Crippen molar-refractivity contribution >= 4 is 33.4 Å². The van der Waals surface area contributed by atoms with Crippen LogP contribution in [0.25, 0.3) is 22.3 Å². The highest BCUT2D eigenvalue weighted by molar-refractivity contribution is 7.14. The van der Waals surface area contributed by atoms with Gasteiger partial charge in [0, 0.05) is 16.5 Å². The number of alkyl halides is 2. The number of aromatic nitrogens is 3. The van der Waals surface area contributed by atoms with E-state index >= 15 is 0 Å².